The zero-order chi connectivity index (χ0) is 24.8. The molecule has 2 unspecified atom stereocenters. The van der Waals surface area contributed by atoms with Gasteiger partial charge in [0.15, 0.2) is 11.5 Å². The number of carbonyl (C=O) groups is 1. The number of hydrogen-bond donors (Lipinski definition) is 1. The van der Waals surface area contributed by atoms with Crippen molar-refractivity contribution in [3.63, 3.8) is 0 Å². The van der Waals surface area contributed by atoms with E-state index in [9.17, 15) is 9.90 Å². The molecule has 0 amide bonds. The zero-order valence-electron chi connectivity index (χ0n) is 19.8. The summed E-state index contributed by atoms with van der Waals surface area (Å²) in [4.78, 5) is 12.4. The number of hydrogen-bond acceptors (Lipinski definition) is 6. The Labute approximate surface area is 208 Å². The highest BCUT2D eigenvalue weighted by Crippen LogP contribution is 2.49. The highest BCUT2D eigenvalue weighted by molar-refractivity contribution is 6.04. The van der Waals surface area contributed by atoms with Crippen LogP contribution in [-0.2, 0) is 0 Å². The number of aromatic carboxylic acids is 1. The highest BCUT2D eigenvalue weighted by Gasteiger charge is 2.43. The van der Waals surface area contributed by atoms with Gasteiger partial charge in [0.2, 0.25) is 6.23 Å². The third-order valence-electron chi connectivity index (χ3n) is 6.84. The van der Waals surface area contributed by atoms with E-state index in [0.29, 0.717) is 23.5 Å². The predicted octanol–water partition coefficient (Wildman–Crippen LogP) is 5.80. The number of ether oxygens (including phenoxy) is 3. The number of fused-ring (bicyclic) bond motifs is 4. The molecular formula is C29H24N2O5. The minimum absolute atomic E-state index is 0.00524. The number of benzene rings is 4. The molecule has 4 aromatic carbocycles. The van der Waals surface area contributed by atoms with Crippen molar-refractivity contribution in [3.05, 3.63) is 101 Å². The van der Waals surface area contributed by atoms with Gasteiger partial charge in [0.05, 0.1) is 26.0 Å². The van der Waals surface area contributed by atoms with E-state index in [1.807, 2.05) is 41.4 Å². The molecule has 2 heterocycles. The van der Waals surface area contributed by atoms with Crippen LogP contribution in [0.2, 0.25) is 0 Å². The van der Waals surface area contributed by atoms with Gasteiger partial charge in [-0.15, -0.1) is 0 Å². The van der Waals surface area contributed by atoms with Crippen LogP contribution in [0.3, 0.4) is 0 Å². The van der Waals surface area contributed by atoms with Crippen LogP contribution in [0.1, 0.15) is 45.7 Å². The second-order valence-electron chi connectivity index (χ2n) is 8.79. The van der Waals surface area contributed by atoms with Crippen LogP contribution in [0.15, 0.2) is 84.0 Å². The van der Waals surface area contributed by atoms with Gasteiger partial charge in [-0.1, -0.05) is 54.6 Å². The minimum Gasteiger partial charge on any atom is -0.493 e. The number of para-hydroxylation sites is 1. The molecular weight excluding hydrogens is 456 g/mol. The number of carboxylic acid groups (broad SMARTS) is 1. The van der Waals surface area contributed by atoms with E-state index in [2.05, 4.69) is 30.3 Å². The van der Waals surface area contributed by atoms with E-state index in [4.69, 9.17) is 19.3 Å². The summed E-state index contributed by atoms with van der Waals surface area (Å²) >= 11 is 0. The van der Waals surface area contributed by atoms with E-state index in [0.717, 1.165) is 22.2 Å². The van der Waals surface area contributed by atoms with Gasteiger partial charge in [0, 0.05) is 17.5 Å². The van der Waals surface area contributed by atoms with Gasteiger partial charge in [-0.25, -0.2) is 9.80 Å². The molecule has 7 nitrogen and oxygen atoms in total. The quantitative estimate of drug-likeness (QED) is 0.389. The first-order chi connectivity index (χ1) is 17.6. The summed E-state index contributed by atoms with van der Waals surface area (Å²) in [5.41, 5.74) is 3.42. The first-order valence-electron chi connectivity index (χ1n) is 11.7. The lowest BCUT2D eigenvalue weighted by Gasteiger charge is -2.38. The maximum atomic E-state index is 12.4. The van der Waals surface area contributed by atoms with E-state index >= 15 is 0 Å². The molecule has 0 bridgehead atoms. The van der Waals surface area contributed by atoms with Crippen LogP contribution in [0, 0.1) is 0 Å². The molecule has 2 aliphatic heterocycles. The Morgan fingerprint density at radius 3 is 2.50 bits per heavy atom. The summed E-state index contributed by atoms with van der Waals surface area (Å²) in [5.74, 6) is 0.0788. The Balaban J connectivity index is 1.50. The Hall–Kier alpha value is -4.52. The first-order valence-corrected chi connectivity index (χ1v) is 11.7. The second-order valence-corrected chi connectivity index (χ2v) is 8.79. The summed E-state index contributed by atoms with van der Waals surface area (Å²) in [6.07, 6.45) is -0.0842. The van der Waals surface area contributed by atoms with Crippen molar-refractivity contribution in [2.75, 3.05) is 14.2 Å². The Morgan fingerprint density at radius 1 is 0.944 bits per heavy atom. The molecule has 0 radical (unpaired) electrons. The molecule has 0 spiro atoms. The summed E-state index contributed by atoms with van der Waals surface area (Å²) in [5, 5.41) is 19.3. The standard InChI is InChI=1S/C29H24N2O5/c1-34-25-14-13-21(26(29(32)33)27(25)35-2)28-31-23(20-9-5-6-10-24(20)36-28)16-22(30-31)19-12-11-17-7-3-4-8-18(17)15-19/h3-15,23,28H,16H2,1-2H3,(H,32,33). The molecule has 0 aliphatic carbocycles. The summed E-state index contributed by atoms with van der Waals surface area (Å²) in [6, 6.07) is 25.7. The number of nitrogens with zero attached hydrogens (tertiary/aromatic N) is 2. The molecule has 2 atom stereocenters. The smallest absolute Gasteiger partial charge is 0.340 e. The van der Waals surface area contributed by atoms with Gasteiger partial charge >= 0.3 is 5.97 Å². The van der Waals surface area contributed by atoms with Gasteiger partial charge in [-0.05, 0) is 40.6 Å². The Morgan fingerprint density at radius 2 is 1.72 bits per heavy atom. The van der Waals surface area contributed by atoms with Crippen LogP contribution in [-0.4, -0.2) is 36.0 Å². The summed E-state index contributed by atoms with van der Waals surface area (Å²) < 4.78 is 17.2. The average molecular weight is 481 g/mol. The SMILES string of the molecule is COc1ccc(C2Oc3ccccc3C3CC(c4ccc5ccccc5c4)=NN32)c(C(=O)O)c1OC. The van der Waals surface area contributed by atoms with Crippen molar-refractivity contribution >= 4 is 22.5 Å². The monoisotopic (exact) mass is 480 g/mol. The molecule has 2 aliphatic rings. The molecule has 0 fully saturated rings. The van der Waals surface area contributed by atoms with Crippen LogP contribution >= 0.6 is 0 Å². The average Bonchev–Trinajstić information content (AvgIpc) is 3.37. The van der Waals surface area contributed by atoms with Crippen molar-refractivity contribution in [1.29, 1.82) is 0 Å². The first kappa shape index (κ1) is 22.0. The van der Waals surface area contributed by atoms with E-state index in [1.54, 1.807) is 12.1 Å². The highest BCUT2D eigenvalue weighted by atomic mass is 16.5. The maximum Gasteiger partial charge on any atom is 0.340 e. The molecule has 0 aromatic heterocycles. The number of rotatable bonds is 5. The fraction of sp³-hybridized carbons (Fsp3) is 0.172. The lowest BCUT2D eigenvalue weighted by atomic mass is 9.94. The molecule has 36 heavy (non-hydrogen) atoms. The minimum atomic E-state index is -1.13. The van der Waals surface area contributed by atoms with E-state index < -0.39 is 12.2 Å². The molecule has 6 rings (SSSR count). The van der Waals surface area contributed by atoms with Gasteiger partial charge in [-0.3, -0.25) is 0 Å². The molecule has 180 valence electrons. The van der Waals surface area contributed by atoms with Crippen molar-refractivity contribution < 1.29 is 24.1 Å². The second kappa shape index (κ2) is 8.61. The number of methoxy groups -OCH3 is 2. The Kier molecular flexibility index (Phi) is 5.25. The van der Waals surface area contributed by atoms with Gasteiger partial charge < -0.3 is 19.3 Å². The fourth-order valence-electron chi connectivity index (χ4n) is 5.15. The maximum absolute atomic E-state index is 12.4. The third kappa shape index (κ3) is 3.43. The van der Waals surface area contributed by atoms with E-state index in [1.165, 1.54) is 19.6 Å². The number of carboxylic acids is 1. The van der Waals surface area contributed by atoms with Gasteiger partial charge in [-0.2, -0.15) is 5.10 Å². The predicted molar refractivity (Wildman–Crippen MR) is 136 cm³/mol. The largest absolute Gasteiger partial charge is 0.493 e. The third-order valence-corrected chi connectivity index (χ3v) is 6.84. The van der Waals surface area contributed by atoms with Crippen molar-refractivity contribution in [3.8, 4) is 17.2 Å². The van der Waals surface area contributed by atoms with Crippen molar-refractivity contribution in [2.24, 2.45) is 5.10 Å². The van der Waals surface area contributed by atoms with Crippen LogP contribution in [0.25, 0.3) is 10.8 Å². The molecule has 0 saturated carbocycles. The van der Waals surface area contributed by atoms with Crippen molar-refractivity contribution in [2.45, 2.75) is 18.7 Å². The van der Waals surface area contributed by atoms with Crippen LogP contribution in [0.5, 0.6) is 17.2 Å². The van der Waals surface area contributed by atoms with Crippen LogP contribution < -0.4 is 14.2 Å². The molecule has 4 aromatic rings. The summed E-state index contributed by atoms with van der Waals surface area (Å²) in [7, 11) is 2.91. The molecule has 7 heteroatoms. The summed E-state index contributed by atoms with van der Waals surface area (Å²) in [6.45, 7) is 0. The molecule has 1 N–H and O–H groups in total. The van der Waals surface area contributed by atoms with Gasteiger partial charge in [0.25, 0.3) is 0 Å². The normalized spacial score (nSPS) is 18.2. The van der Waals surface area contributed by atoms with E-state index in [-0.39, 0.29) is 17.4 Å². The van der Waals surface area contributed by atoms with Crippen molar-refractivity contribution in [1.82, 2.24) is 5.01 Å². The Bertz CT molecular complexity index is 1530. The lowest BCUT2D eigenvalue weighted by Crippen LogP contribution is -2.34. The van der Waals surface area contributed by atoms with Gasteiger partial charge in [0.1, 0.15) is 11.3 Å². The lowest BCUT2D eigenvalue weighted by molar-refractivity contribution is -0.0199. The fourth-order valence-corrected chi connectivity index (χ4v) is 5.15. The number of hydrazone groups is 1. The topological polar surface area (TPSA) is 80.6 Å². The molecule has 0 saturated heterocycles. The zero-order valence-corrected chi connectivity index (χ0v) is 19.8. The van der Waals surface area contributed by atoms with Crippen LogP contribution in [0.4, 0.5) is 0 Å².